The third-order valence-electron chi connectivity index (χ3n) is 4.80. The van der Waals surface area contributed by atoms with Crippen molar-refractivity contribution in [1.82, 2.24) is 10.2 Å². The van der Waals surface area contributed by atoms with Gasteiger partial charge in [-0.25, -0.2) is 0 Å². The predicted octanol–water partition coefficient (Wildman–Crippen LogP) is 1.83. The van der Waals surface area contributed by atoms with Gasteiger partial charge in [0.2, 0.25) is 5.91 Å². The summed E-state index contributed by atoms with van der Waals surface area (Å²) in [4.78, 5) is 14.8. The van der Waals surface area contributed by atoms with Gasteiger partial charge in [0.05, 0.1) is 19.2 Å². The maximum Gasteiger partial charge on any atom is 0.226 e. The van der Waals surface area contributed by atoms with Gasteiger partial charge in [0.1, 0.15) is 6.10 Å². The van der Waals surface area contributed by atoms with Gasteiger partial charge in [-0.2, -0.15) is 0 Å². The van der Waals surface area contributed by atoms with Crippen LogP contribution in [0.2, 0.25) is 0 Å². The first-order chi connectivity index (χ1) is 10.2. The number of hydrogen-bond acceptors (Lipinski definition) is 3. The number of amides is 1. The van der Waals surface area contributed by atoms with Crippen LogP contribution < -0.4 is 5.32 Å². The molecular weight excluding hydrogens is 264 g/mol. The average molecular weight is 288 g/mol. The Labute approximate surface area is 126 Å². The van der Waals surface area contributed by atoms with Crippen molar-refractivity contribution in [1.29, 1.82) is 0 Å². The molecule has 4 nitrogen and oxygen atoms in total. The molecule has 1 N–H and O–H groups in total. The van der Waals surface area contributed by atoms with Gasteiger partial charge in [-0.05, 0) is 31.5 Å². The van der Waals surface area contributed by atoms with Crippen molar-refractivity contribution in [2.75, 3.05) is 26.2 Å². The Morgan fingerprint density at radius 2 is 2.05 bits per heavy atom. The van der Waals surface area contributed by atoms with E-state index in [2.05, 4.69) is 31.3 Å². The number of nitrogens with one attached hydrogen (secondary N) is 1. The summed E-state index contributed by atoms with van der Waals surface area (Å²) in [7, 11) is 0. The Bertz CT molecular complexity index is 487. The second-order valence-electron chi connectivity index (χ2n) is 6.28. The molecule has 1 amide bonds. The van der Waals surface area contributed by atoms with E-state index in [1.165, 1.54) is 0 Å². The zero-order chi connectivity index (χ0) is 14.8. The molecule has 0 radical (unpaired) electrons. The maximum atomic E-state index is 12.8. The Balaban J connectivity index is 1.69. The highest BCUT2D eigenvalue weighted by molar-refractivity contribution is 5.79. The number of rotatable bonds is 3. The third-order valence-corrected chi connectivity index (χ3v) is 4.80. The van der Waals surface area contributed by atoms with Crippen molar-refractivity contribution in [3.63, 3.8) is 0 Å². The molecule has 2 saturated heterocycles. The van der Waals surface area contributed by atoms with E-state index in [9.17, 15) is 4.79 Å². The van der Waals surface area contributed by atoms with Gasteiger partial charge in [0.15, 0.2) is 0 Å². The zero-order valence-electron chi connectivity index (χ0n) is 12.8. The van der Waals surface area contributed by atoms with Crippen LogP contribution >= 0.6 is 0 Å². The van der Waals surface area contributed by atoms with Gasteiger partial charge in [0, 0.05) is 5.92 Å². The molecule has 2 heterocycles. The van der Waals surface area contributed by atoms with E-state index < -0.39 is 0 Å². The van der Waals surface area contributed by atoms with Crippen molar-refractivity contribution >= 4 is 5.91 Å². The lowest BCUT2D eigenvalue weighted by molar-refractivity contribution is -0.150. The highest BCUT2D eigenvalue weighted by atomic mass is 16.5. The van der Waals surface area contributed by atoms with Crippen LogP contribution in [0.1, 0.15) is 25.5 Å². The van der Waals surface area contributed by atoms with E-state index in [1.54, 1.807) is 0 Å². The summed E-state index contributed by atoms with van der Waals surface area (Å²) < 4.78 is 5.93. The number of carbonyl (C=O) groups excluding carboxylic acids is 1. The van der Waals surface area contributed by atoms with Gasteiger partial charge in [-0.15, -0.1) is 0 Å². The quantitative estimate of drug-likeness (QED) is 0.922. The molecule has 4 heteroatoms. The molecule has 2 aliphatic heterocycles. The van der Waals surface area contributed by atoms with Crippen LogP contribution in [0.15, 0.2) is 30.3 Å². The second kappa shape index (κ2) is 6.16. The van der Waals surface area contributed by atoms with Crippen molar-refractivity contribution in [2.45, 2.75) is 26.0 Å². The van der Waals surface area contributed by atoms with Crippen LogP contribution in [0.3, 0.4) is 0 Å². The number of benzene rings is 1. The van der Waals surface area contributed by atoms with Crippen molar-refractivity contribution in [3.05, 3.63) is 35.9 Å². The molecule has 114 valence electrons. The number of hydrogen-bond donors (Lipinski definition) is 1. The number of nitrogens with zero attached hydrogens (tertiary/aromatic N) is 1. The van der Waals surface area contributed by atoms with Crippen LogP contribution in [-0.4, -0.2) is 43.1 Å². The minimum Gasteiger partial charge on any atom is -0.370 e. The van der Waals surface area contributed by atoms with E-state index >= 15 is 0 Å². The predicted molar refractivity (Wildman–Crippen MR) is 81.8 cm³/mol. The van der Waals surface area contributed by atoms with Crippen LogP contribution in [0.25, 0.3) is 0 Å². The zero-order valence-corrected chi connectivity index (χ0v) is 12.8. The van der Waals surface area contributed by atoms with Crippen molar-refractivity contribution in [3.8, 4) is 0 Å². The fraction of sp³-hybridized carbons (Fsp3) is 0.588. The number of carbonyl (C=O) groups is 1. The number of morpholine rings is 1. The largest absolute Gasteiger partial charge is 0.370 e. The first-order valence-corrected chi connectivity index (χ1v) is 7.84. The summed E-state index contributed by atoms with van der Waals surface area (Å²) in [5.41, 5.74) is 1.15. The fourth-order valence-electron chi connectivity index (χ4n) is 3.06. The molecule has 0 bridgehead atoms. The van der Waals surface area contributed by atoms with Crippen LogP contribution in [0.5, 0.6) is 0 Å². The molecule has 0 aromatic heterocycles. The van der Waals surface area contributed by atoms with E-state index in [0.717, 1.165) is 18.7 Å². The Hall–Kier alpha value is -1.39. The third kappa shape index (κ3) is 2.97. The summed E-state index contributed by atoms with van der Waals surface area (Å²) in [5, 5.41) is 3.25. The minimum atomic E-state index is -0.00179. The molecule has 1 aromatic rings. The lowest BCUT2D eigenvalue weighted by Gasteiger charge is -2.42. The minimum absolute atomic E-state index is 0.00179. The second-order valence-corrected chi connectivity index (χ2v) is 6.28. The standard InChI is InChI=1S/C17H24N2O2/c1-12-11-21-16(14-6-4-3-5-7-14)10-19(12)17(20)13(2)15-8-18-9-15/h3-7,12-13,15-16,18H,8-11H2,1-2H3. The smallest absolute Gasteiger partial charge is 0.226 e. The monoisotopic (exact) mass is 288 g/mol. The van der Waals surface area contributed by atoms with E-state index in [4.69, 9.17) is 4.74 Å². The van der Waals surface area contributed by atoms with Gasteiger partial charge in [0.25, 0.3) is 0 Å². The molecule has 0 saturated carbocycles. The topological polar surface area (TPSA) is 41.6 Å². The Morgan fingerprint density at radius 3 is 2.67 bits per heavy atom. The van der Waals surface area contributed by atoms with Gasteiger partial charge in [-0.3, -0.25) is 4.79 Å². The van der Waals surface area contributed by atoms with Crippen LogP contribution in [0, 0.1) is 11.8 Å². The summed E-state index contributed by atoms with van der Waals surface area (Å²) in [6.07, 6.45) is -0.00179. The summed E-state index contributed by atoms with van der Waals surface area (Å²) in [5.74, 6) is 0.865. The molecule has 2 fully saturated rings. The van der Waals surface area contributed by atoms with Gasteiger partial charge in [-0.1, -0.05) is 37.3 Å². The molecule has 0 spiro atoms. The molecule has 3 unspecified atom stereocenters. The molecule has 0 aliphatic carbocycles. The SMILES string of the molecule is CC(C(=O)N1CC(c2ccccc2)OCC1C)C1CNC1. The summed E-state index contributed by atoms with van der Waals surface area (Å²) in [6.45, 7) is 7.34. The highest BCUT2D eigenvalue weighted by Gasteiger charge is 2.36. The van der Waals surface area contributed by atoms with Crippen molar-refractivity contribution < 1.29 is 9.53 Å². The Kier molecular flexibility index (Phi) is 4.27. The van der Waals surface area contributed by atoms with E-state index in [-0.39, 0.29) is 24.0 Å². The molecule has 3 rings (SSSR count). The van der Waals surface area contributed by atoms with Crippen LogP contribution in [0.4, 0.5) is 0 Å². The van der Waals surface area contributed by atoms with E-state index in [1.807, 2.05) is 23.1 Å². The van der Waals surface area contributed by atoms with E-state index in [0.29, 0.717) is 19.1 Å². The molecule has 1 aromatic carbocycles. The normalized spacial score (nSPS) is 28.0. The van der Waals surface area contributed by atoms with Gasteiger partial charge >= 0.3 is 0 Å². The fourth-order valence-corrected chi connectivity index (χ4v) is 3.06. The summed E-state index contributed by atoms with van der Waals surface area (Å²) >= 11 is 0. The first-order valence-electron chi connectivity index (χ1n) is 7.84. The first kappa shape index (κ1) is 14.5. The molecule has 2 aliphatic rings. The average Bonchev–Trinajstić information content (AvgIpc) is 2.46. The maximum absolute atomic E-state index is 12.8. The van der Waals surface area contributed by atoms with Gasteiger partial charge < -0.3 is 15.0 Å². The highest BCUT2D eigenvalue weighted by Crippen LogP contribution is 2.27. The Morgan fingerprint density at radius 1 is 1.33 bits per heavy atom. The lowest BCUT2D eigenvalue weighted by atomic mass is 9.87. The molecular formula is C17H24N2O2. The van der Waals surface area contributed by atoms with Crippen molar-refractivity contribution in [2.24, 2.45) is 11.8 Å². The molecule has 3 atom stereocenters. The summed E-state index contributed by atoms with van der Waals surface area (Å²) in [6, 6.07) is 10.3. The molecule has 21 heavy (non-hydrogen) atoms. The lowest BCUT2D eigenvalue weighted by Crippen LogP contribution is -2.55. The number of ether oxygens (including phenoxy) is 1. The van der Waals surface area contributed by atoms with Crippen LogP contribution in [-0.2, 0) is 9.53 Å².